The molecule has 2 aromatic rings. The quantitative estimate of drug-likeness (QED) is 0.922. The molecular formula is C20H21F2NO2. The van der Waals surface area contributed by atoms with Crippen molar-refractivity contribution in [3.05, 3.63) is 71.3 Å². The van der Waals surface area contributed by atoms with E-state index in [0.717, 1.165) is 30.5 Å². The van der Waals surface area contributed by atoms with Crippen molar-refractivity contribution in [2.45, 2.75) is 25.4 Å². The second kappa shape index (κ2) is 7.74. The lowest BCUT2D eigenvalue weighted by Crippen LogP contribution is -2.40. The number of halogens is 2. The highest BCUT2D eigenvalue weighted by molar-refractivity contribution is 5.78. The molecule has 3 rings (SSSR count). The van der Waals surface area contributed by atoms with E-state index in [1.54, 1.807) is 4.90 Å². The van der Waals surface area contributed by atoms with Crippen molar-refractivity contribution in [2.24, 2.45) is 5.92 Å². The predicted octanol–water partition coefficient (Wildman–Crippen LogP) is 3.48. The summed E-state index contributed by atoms with van der Waals surface area (Å²) >= 11 is 0. The zero-order chi connectivity index (χ0) is 17.8. The Morgan fingerprint density at radius 1 is 1.08 bits per heavy atom. The highest BCUT2D eigenvalue weighted by atomic mass is 19.2. The molecule has 1 unspecified atom stereocenters. The zero-order valence-corrected chi connectivity index (χ0v) is 13.9. The molecule has 0 aliphatic carbocycles. The number of carbonyl (C=O) groups excluding carboxylic acids is 1. The molecule has 2 aromatic carbocycles. The van der Waals surface area contributed by atoms with Gasteiger partial charge in [-0.05, 0) is 42.0 Å². The van der Waals surface area contributed by atoms with Crippen LogP contribution in [0.2, 0.25) is 0 Å². The van der Waals surface area contributed by atoms with Crippen LogP contribution in [-0.2, 0) is 11.2 Å². The normalized spacial score (nSPS) is 16.7. The first-order valence-electron chi connectivity index (χ1n) is 8.49. The maximum absolute atomic E-state index is 13.2. The standard InChI is InChI=1S/C20H21F2NO2/c21-17-7-6-14(12-18(17)22)13-19(24)23-10-8-16(9-11-23)20(25)15-4-2-1-3-5-15/h1-7,12,16,20,25H,8-11,13H2. The fourth-order valence-electron chi connectivity index (χ4n) is 3.32. The summed E-state index contributed by atoms with van der Waals surface area (Å²) in [6.07, 6.45) is 0.979. The first kappa shape index (κ1) is 17.5. The molecule has 1 saturated heterocycles. The predicted molar refractivity (Wildman–Crippen MR) is 90.8 cm³/mol. The van der Waals surface area contributed by atoms with Crippen molar-refractivity contribution in [2.75, 3.05) is 13.1 Å². The van der Waals surface area contributed by atoms with Crippen molar-refractivity contribution in [1.29, 1.82) is 0 Å². The molecule has 1 heterocycles. The van der Waals surface area contributed by atoms with Gasteiger partial charge in [0.15, 0.2) is 11.6 Å². The first-order valence-corrected chi connectivity index (χ1v) is 8.49. The summed E-state index contributed by atoms with van der Waals surface area (Å²) in [5, 5.41) is 10.5. The van der Waals surface area contributed by atoms with Gasteiger partial charge in [0.2, 0.25) is 5.91 Å². The molecule has 0 bridgehead atoms. The Kier molecular flexibility index (Phi) is 5.43. The number of hydrogen-bond donors (Lipinski definition) is 1. The Hall–Kier alpha value is -2.27. The molecule has 1 atom stereocenters. The molecule has 1 fully saturated rings. The van der Waals surface area contributed by atoms with Crippen LogP contribution >= 0.6 is 0 Å². The van der Waals surface area contributed by atoms with Crippen LogP contribution in [-0.4, -0.2) is 29.0 Å². The Morgan fingerprint density at radius 3 is 2.40 bits per heavy atom. The number of amides is 1. The molecule has 3 nitrogen and oxygen atoms in total. The molecule has 0 spiro atoms. The van der Waals surface area contributed by atoms with E-state index in [-0.39, 0.29) is 18.2 Å². The molecule has 0 aromatic heterocycles. The average Bonchev–Trinajstić information content (AvgIpc) is 2.65. The number of rotatable bonds is 4. The summed E-state index contributed by atoms with van der Waals surface area (Å²) in [6.45, 7) is 1.13. The minimum atomic E-state index is -0.935. The Balaban J connectivity index is 1.54. The maximum Gasteiger partial charge on any atom is 0.226 e. The van der Waals surface area contributed by atoms with Crippen molar-refractivity contribution < 1.29 is 18.7 Å². The fourth-order valence-corrected chi connectivity index (χ4v) is 3.32. The number of aliphatic hydroxyl groups excluding tert-OH is 1. The van der Waals surface area contributed by atoms with Crippen LogP contribution in [0.3, 0.4) is 0 Å². The summed E-state index contributed by atoms with van der Waals surface area (Å²) < 4.78 is 26.2. The molecule has 25 heavy (non-hydrogen) atoms. The average molecular weight is 345 g/mol. The molecule has 1 aliphatic rings. The van der Waals surface area contributed by atoms with Gasteiger partial charge in [-0.15, -0.1) is 0 Å². The van der Waals surface area contributed by atoms with Gasteiger partial charge in [0.1, 0.15) is 0 Å². The third-order valence-electron chi connectivity index (χ3n) is 4.82. The smallest absolute Gasteiger partial charge is 0.226 e. The zero-order valence-electron chi connectivity index (χ0n) is 13.9. The van der Waals surface area contributed by atoms with Gasteiger partial charge < -0.3 is 10.0 Å². The van der Waals surface area contributed by atoms with Crippen molar-refractivity contribution in [3.8, 4) is 0 Å². The lowest BCUT2D eigenvalue weighted by molar-refractivity contribution is -0.132. The van der Waals surface area contributed by atoms with Crippen molar-refractivity contribution in [1.82, 2.24) is 4.90 Å². The van der Waals surface area contributed by atoms with E-state index in [0.29, 0.717) is 18.7 Å². The third kappa shape index (κ3) is 4.23. The van der Waals surface area contributed by atoms with Gasteiger partial charge in [-0.3, -0.25) is 4.79 Å². The topological polar surface area (TPSA) is 40.5 Å². The molecule has 5 heteroatoms. The SMILES string of the molecule is O=C(Cc1ccc(F)c(F)c1)N1CCC(C(O)c2ccccc2)CC1. The van der Waals surface area contributed by atoms with E-state index in [1.807, 2.05) is 30.3 Å². The fraction of sp³-hybridized carbons (Fsp3) is 0.350. The summed E-state index contributed by atoms with van der Waals surface area (Å²) in [6, 6.07) is 13.1. The van der Waals surface area contributed by atoms with Crippen LogP contribution in [0.5, 0.6) is 0 Å². The van der Waals surface area contributed by atoms with Crippen LogP contribution < -0.4 is 0 Å². The number of aliphatic hydroxyl groups is 1. The molecule has 132 valence electrons. The highest BCUT2D eigenvalue weighted by Crippen LogP contribution is 2.30. The number of carbonyl (C=O) groups is 1. The van der Waals surface area contributed by atoms with Crippen molar-refractivity contribution in [3.63, 3.8) is 0 Å². The Morgan fingerprint density at radius 2 is 1.76 bits per heavy atom. The molecule has 1 amide bonds. The minimum Gasteiger partial charge on any atom is -0.388 e. The molecule has 0 saturated carbocycles. The maximum atomic E-state index is 13.2. The van der Waals surface area contributed by atoms with Crippen LogP contribution in [0, 0.1) is 17.6 Å². The van der Waals surface area contributed by atoms with E-state index < -0.39 is 17.7 Å². The number of piperidine rings is 1. The molecule has 1 aliphatic heterocycles. The van der Waals surface area contributed by atoms with E-state index >= 15 is 0 Å². The monoisotopic (exact) mass is 345 g/mol. The van der Waals surface area contributed by atoms with Crippen LogP contribution in [0.1, 0.15) is 30.1 Å². The summed E-state index contributed by atoms with van der Waals surface area (Å²) in [4.78, 5) is 14.1. The number of benzene rings is 2. The Bertz CT molecular complexity index is 728. The first-order chi connectivity index (χ1) is 12.0. The van der Waals surface area contributed by atoms with E-state index in [4.69, 9.17) is 0 Å². The van der Waals surface area contributed by atoms with Gasteiger partial charge >= 0.3 is 0 Å². The second-order valence-corrected chi connectivity index (χ2v) is 6.50. The van der Waals surface area contributed by atoms with Gasteiger partial charge in [-0.25, -0.2) is 8.78 Å². The van der Waals surface area contributed by atoms with Gasteiger partial charge in [0, 0.05) is 13.1 Å². The van der Waals surface area contributed by atoms with Gasteiger partial charge in [-0.1, -0.05) is 36.4 Å². The summed E-state index contributed by atoms with van der Waals surface area (Å²) in [7, 11) is 0. The van der Waals surface area contributed by atoms with Crippen LogP contribution in [0.25, 0.3) is 0 Å². The van der Waals surface area contributed by atoms with E-state index in [2.05, 4.69) is 0 Å². The lowest BCUT2D eigenvalue weighted by atomic mass is 9.87. The van der Waals surface area contributed by atoms with Crippen LogP contribution in [0.15, 0.2) is 48.5 Å². The second-order valence-electron chi connectivity index (χ2n) is 6.50. The van der Waals surface area contributed by atoms with Gasteiger partial charge in [0.05, 0.1) is 12.5 Å². The van der Waals surface area contributed by atoms with E-state index in [1.165, 1.54) is 6.07 Å². The third-order valence-corrected chi connectivity index (χ3v) is 4.82. The summed E-state index contributed by atoms with van der Waals surface area (Å²) in [5.74, 6) is -1.82. The summed E-state index contributed by atoms with van der Waals surface area (Å²) in [5.41, 5.74) is 1.37. The highest BCUT2D eigenvalue weighted by Gasteiger charge is 2.28. The minimum absolute atomic E-state index is 0.0586. The van der Waals surface area contributed by atoms with E-state index in [9.17, 15) is 18.7 Å². The van der Waals surface area contributed by atoms with Crippen molar-refractivity contribution >= 4 is 5.91 Å². The number of likely N-dealkylation sites (tertiary alicyclic amines) is 1. The lowest BCUT2D eigenvalue weighted by Gasteiger charge is -2.34. The Labute approximate surface area is 145 Å². The van der Waals surface area contributed by atoms with Gasteiger partial charge in [0.25, 0.3) is 0 Å². The number of hydrogen-bond acceptors (Lipinski definition) is 2. The molecular weight excluding hydrogens is 324 g/mol. The van der Waals surface area contributed by atoms with Crippen LogP contribution in [0.4, 0.5) is 8.78 Å². The molecule has 1 N–H and O–H groups in total. The molecule has 0 radical (unpaired) electrons. The largest absolute Gasteiger partial charge is 0.388 e. The number of nitrogens with zero attached hydrogens (tertiary/aromatic N) is 1. The van der Waals surface area contributed by atoms with Gasteiger partial charge in [-0.2, -0.15) is 0 Å².